The van der Waals surface area contributed by atoms with Gasteiger partial charge in [-0.3, -0.25) is 0 Å². The van der Waals surface area contributed by atoms with Crippen molar-refractivity contribution in [2.75, 3.05) is 6.54 Å². The van der Waals surface area contributed by atoms with E-state index >= 15 is 0 Å². The molecule has 1 unspecified atom stereocenters. The van der Waals surface area contributed by atoms with Crippen LogP contribution in [0.2, 0.25) is 5.02 Å². The van der Waals surface area contributed by atoms with Crippen LogP contribution in [0.15, 0.2) is 18.2 Å². The van der Waals surface area contributed by atoms with Crippen LogP contribution >= 0.6 is 11.6 Å². The van der Waals surface area contributed by atoms with E-state index in [0.717, 1.165) is 18.0 Å². The summed E-state index contributed by atoms with van der Waals surface area (Å²) in [7, 11) is 0. The second-order valence-electron chi connectivity index (χ2n) is 7.84. The monoisotopic (exact) mass is 291 g/mol. The molecular formula is C18H26ClN. The van der Waals surface area contributed by atoms with Crippen molar-refractivity contribution >= 4 is 11.6 Å². The van der Waals surface area contributed by atoms with Crippen LogP contribution in [0.5, 0.6) is 0 Å². The van der Waals surface area contributed by atoms with Crippen molar-refractivity contribution < 1.29 is 0 Å². The molecule has 3 rings (SSSR count). The minimum atomic E-state index is 0.280. The molecule has 0 radical (unpaired) electrons. The van der Waals surface area contributed by atoms with Crippen molar-refractivity contribution in [2.24, 2.45) is 10.8 Å². The lowest BCUT2D eigenvalue weighted by Crippen LogP contribution is -2.37. The Morgan fingerprint density at radius 1 is 1.20 bits per heavy atom. The lowest BCUT2D eigenvalue weighted by molar-refractivity contribution is 0.224. The molecule has 0 aliphatic heterocycles. The third-order valence-electron chi connectivity index (χ3n) is 5.39. The van der Waals surface area contributed by atoms with Crippen LogP contribution in [0.4, 0.5) is 0 Å². The number of benzene rings is 1. The highest BCUT2D eigenvalue weighted by atomic mass is 35.5. The molecule has 0 aromatic heterocycles. The van der Waals surface area contributed by atoms with Gasteiger partial charge in [0.1, 0.15) is 0 Å². The summed E-state index contributed by atoms with van der Waals surface area (Å²) in [6.45, 7) is 8.31. The molecule has 0 bridgehead atoms. The smallest absolute Gasteiger partial charge is 0.0409 e. The second kappa shape index (κ2) is 5.03. The highest BCUT2D eigenvalue weighted by molar-refractivity contribution is 6.30. The van der Waals surface area contributed by atoms with Gasteiger partial charge in [0.25, 0.3) is 0 Å². The molecule has 1 saturated carbocycles. The van der Waals surface area contributed by atoms with Gasteiger partial charge in [0, 0.05) is 17.6 Å². The zero-order valence-corrected chi connectivity index (χ0v) is 13.7. The van der Waals surface area contributed by atoms with Crippen LogP contribution < -0.4 is 5.32 Å². The van der Waals surface area contributed by atoms with E-state index < -0.39 is 0 Å². The normalized spacial score (nSPS) is 26.7. The summed E-state index contributed by atoms with van der Waals surface area (Å²) < 4.78 is 0. The molecule has 2 aliphatic rings. The highest BCUT2D eigenvalue weighted by Gasteiger charge is 2.40. The molecule has 1 aromatic rings. The quantitative estimate of drug-likeness (QED) is 0.814. The molecule has 1 fully saturated rings. The summed E-state index contributed by atoms with van der Waals surface area (Å²) >= 11 is 6.21. The Kier molecular flexibility index (Phi) is 3.63. The number of hydrogen-bond acceptors (Lipinski definition) is 1. The van der Waals surface area contributed by atoms with E-state index in [4.69, 9.17) is 11.6 Å². The van der Waals surface area contributed by atoms with Crippen molar-refractivity contribution in [1.82, 2.24) is 5.32 Å². The highest BCUT2D eigenvalue weighted by Crippen LogP contribution is 2.47. The van der Waals surface area contributed by atoms with Crippen LogP contribution in [0.1, 0.15) is 63.6 Å². The summed E-state index contributed by atoms with van der Waals surface area (Å²) in [4.78, 5) is 0. The lowest BCUT2D eigenvalue weighted by Gasteiger charge is -2.33. The minimum Gasteiger partial charge on any atom is -0.309 e. The summed E-state index contributed by atoms with van der Waals surface area (Å²) in [5.41, 5.74) is 3.66. The van der Waals surface area contributed by atoms with Crippen molar-refractivity contribution in [3.05, 3.63) is 34.3 Å². The van der Waals surface area contributed by atoms with Gasteiger partial charge >= 0.3 is 0 Å². The maximum Gasteiger partial charge on any atom is 0.0409 e. The fraction of sp³-hybridized carbons (Fsp3) is 0.667. The third kappa shape index (κ3) is 2.63. The van der Waals surface area contributed by atoms with Gasteiger partial charge in [-0.15, -0.1) is 0 Å². The molecule has 2 aliphatic carbocycles. The zero-order chi connectivity index (χ0) is 14.4. The van der Waals surface area contributed by atoms with Crippen LogP contribution in [-0.4, -0.2) is 6.54 Å². The van der Waals surface area contributed by atoms with Gasteiger partial charge in [0.15, 0.2) is 0 Å². The van der Waals surface area contributed by atoms with Gasteiger partial charge in [-0.25, -0.2) is 0 Å². The molecular weight excluding hydrogens is 266 g/mol. The zero-order valence-electron chi connectivity index (χ0n) is 12.9. The fourth-order valence-corrected chi connectivity index (χ4v) is 4.33. The van der Waals surface area contributed by atoms with Crippen LogP contribution in [0.25, 0.3) is 0 Å². The largest absolute Gasteiger partial charge is 0.309 e. The van der Waals surface area contributed by atoms with E-state index in [-0.39, 0.29) is 5.41 Å². The van der Waals surface area contributed by atoms with Gasteiger partial charge in [-0.2, -0.15) is 0 Å². The number of rotatable bonds is 3. The predicted octanol–water partition coefficient (Wildman–Crippen LogP) is 5.13. The topological polar surface area (TPSA) is 12.0 Å². The Hall–Kier alpha value is -0.530. The molecule has 1 atom stereocenters. The van der Waals surface area contributed by atoms with Crippen molar-refractivity contribution in [2.45, 2.75) is 58.9 Å². The molecule has 0 spiro atoms. The number of fused-ring (bicyclic) bond motifs is 1. The fourth-order valence-electron chi connectivity index (χ4n) is 4.15. The van der Waals surface area contributed by atoms with Gasteiger partial charge in [-0.1, -0.05) is 51.3 Å². The number of hydrogen-bond donors (Lipinski definition) is 1. The van der Waals surface area contributed by atoms with E-state index in [2.05, 4.69) is 38.2 Å². The Morgan fingerprint density at radius 2 is 1.90 bits per heavy atom. The first-order valence-electron chi connectivity index (χ1n) is 7.91. The van der Waals surface area contributed by atoms with Crippen molar-refractivity contribution in [1.29, 1.82) is 0 Å². The number of halogens is 1. The molecule has 2 heteroatoms. The predicted molar refractivity (Wildman–Crippen MR) is 86.3 cm³/mol. The molecule has 0 amide bonds. The maximum atomic E-state index is 6.21. The molecule has 1 N–H and O–H groups in total. The van der Waals surface area contributed by atoms with Crippen LogP contribution in [-0.2, 0) is 6.42 Å². The van der Waals surface area contributed by atoms with E-state index in [1.807, 2.05) is 6.07 Å². The van der Waals surface area contributed by atoms with E-state index in [1.54, 1.807) is 0 Å². The second-order valence-corrected chi connectivity index (χ2v) is 8.28. The summed E-state index contributed by atoms with van der Waals surface area (Å²) in [5, 5.41) is 4.74. The minimum absolute atomic E-state index is 0.280. The van der Waals surface area contributed by atoms with Crippen molar-refractivity contribution in [3.8, 4) is 0 Å². The molecule has 0 heterocycles. The van der Waals surface area contributed by atoms with Crippen LogP contribution in [0.3, 0.4) is 0 Å². The van der Waals surface area contributed by atoms with Gasteiger partial charge in [0.05, 0.1) is 0 Å². The maximum absolute atomic E-state index is 6.21. The SMILES string of the molecule is CC1(CNC2c3cc(Cl)ccc3CC2(C)C)CCCC1. The standard InChI is InChI=1S/C18H26ClN/c1-17(2)11-13-6-7-14(19)10-15(13)16(17)20-12-18(3)8-4-5-9-18/h6-7,10,16,20H,4-5,8-9,11-12H2,1-3H3. The molecule has 20 heavy (non-hydrogen) atoms. The molecule has 1 nitrogen and oxygen atoms in total. The van der Waals surface area contributed by atoms with Gasteiger partial charge in [0.2, 0.25) is 0 Å². The number of nitrogens with one attached hydrogen (secondary N) is 1. The average Bonchev–Trinajstić information content (AvgIpc) is 2.88. The third-order valence-corrected chi connectivity index (χ3v) is 5.63. The molecule has 0 saturated heterocycles. The van der Waals surface area contributed by atoms with E-state index in [1.165, 1.54) is 36.8 Å². The summed E-state index contributed by atoms with van der Waals surface area (Å²) in [5.74, 6) is 0. The summed E-state index contributed by atoms with van der Waals surface area (Å²) in [6.07, 6.45) is 6.68. The first-order chi connectivity index (χ1) is 9.40. The first-order valence-corrected chi connectivity index (χ1v) is 8.29. The van der Waals surface area contributed by atoms with Gasteiger partial charge < -0.3 is 5.32 Å². The van der Waals surface area contributed by atoms with E-state index in [0.29, 0.717) is 11.5 Å². The Morgan fingerprint density at radius 3 is 2.60 bits per heavy atom. The molecule has 110 valence electrons. The molecule has 1 aromatic carbocycles. The summed E-state index contributed by atoms with van der Waals surface area (Å²) in [6, 6.07) is 6.84. The Bertz CT molecular complexity index is 500. The van der Waals surface area contributed by atoms with Crippen molar-refractivity contribution in [3.63, 3.8) is 0 Å². The average molecular weight is 292 g/mol. The Balaban J connectivity index is 1.79. The lowest BCUT2D eigenvalue weighted by atomic mass is 9.83. The van der Waals surface area contributed by atoms with Crippen LogP contribution in [0, 0.1) is 10.8 Å². The first kappa shape index (κ1) is 14.4. The van der Waals surface area contributed by atoms with Gasteiger partial charge in [-0.05, 0) is 53.4 Å². The Labute approximate surface area is 128 Å². The van der Waals surface area contributed by atoms with E-state index in [9.17, 15) is 0 Å².